The van der Waals surface area contributed by atoms with Crippen LogP contribution in [0, 0.1) is 6.92 Å². The van der Waals surface area contributed by atoms with Crippen LogP contribution < -0.4 is 10.3 Å². The highest BCUT2D eigenvalue weighted by Crippen LogP contribution is 2.25. The summed E-state index contributed by atoms with van der Waals surface area (Å²) in [6, 6.07) is 9.03. The molecule has 0 bridgehead atoms. The maximum atomic E-state index is 11.8. The number of methoxy groups -OCH3 is 1. The van der Waals surface area contributed by atoms with E-state index in [1.165, 1.54) is 21.9 Å². The van der Waals surface area contributed by atoms with E-state index < -0.39 is 0 Å². The minimum absolute atomic E-state index is 0.154. The van der Waals surface area contributed by atoms with Gasteiger partial charge in [-0.3, -0.25) is 4.79 Å². The average Bonchev–Trinajstić information content (AvgIpc) is 2.83. The number of hydrogen-bond donors (Lipinski definition) is 0. The largest absolute Gasteiger partial charge is 0.497 e. The second-order valence-corrected chi connectivity index (χ2v) is 5.02. The number of fused-ring (bicyclic) bond motifs is 1. The highest BCUT2D eigenvalue weighted by molar-refractivity contribution is 7.19. The highest BCUT2D eigenvalue weighted by Gasteiger charge is 2.09. The van der Waals surface area contributed by atoms with Gasteiger partial charge in [0.25, 0.3) is 5.56 Å². The maximum Gasteiger partial charge on any atom is 0.275 e. The van der Waals surface area contributed by atoms with Gasteiger partial charge in [0.05, 0.1) is 7.11 Å². The molecule has 0 aliphatic rings. The SMILES string of the molecule is COc1ccc(-c2nn3c(=O)cc(C)nc3s2)cc1. The van der Waals surface area contributed by atoms with Crippen LogP contribution in [-0.2, 0) is 0 Å². The molecule has 0 fully saturated rings. The number of ether oxygens (including phenoxy) is 1. The molecule has 0 amide bonds. The predicted molar refractivity (Wildman–Crippen MR) is 73.9 cm³/mol. The standard InChI is InChI=1S/C13H11N3O2S/c1-8-7-11(17)16-13(14-8)19-12(15-16)9-3-5-10(18-2)6-4-9/h3-7H,1-2H3. The Labute approximate surface area is 113 Å². The fourth-order valence-electron chi connectivity index (χ4n) is 1.77. The van der Waals surface area contributed by atoms with Gasteiger partial charge in [0, 0.05) is 17.3 Å². The first-order valence-electron chi connectivity index (χ1n) is 5.69. The quantitative estimate of drug-likeness (QED) is 0.717. The van der Waals surface area contributed by atoms with Crippen LogP contribution >= 0.6 is 11.3 Å². The summed E-state index contributed by atoms with van der Waals surface area (Å²) in [5.74, 6) is 0.788. The maximum absolute atomic E-state index is 11.8. The van der Waals surface area contributed by atoms with E-state index in [0.29, 0.717) is 10.7 Å². The Morgan fingerprint density at radius 3 is 2.68 bits per heavy atom. The molecule has 0 radical (unpaired) electrons. The molecule has 1 aromatic carbocycles. The molecule has 0 unspecified atom stereocenters. The van der Waals surface area contributed by atoms with Crippen LogP contribution in [0.25, 0.3) is 15.5 Å². The van der Waals surface area contributed by atoms with Gasteiger partial charge in [-0.25, -0.2) is 4.98 Å². The lowest BCUT2D eigenvalue weighted by Crippen LogP contribution is -2.14. The summed E-state index contributed by atoms with van der Waals surface area (Å²) < 4.78 is 6.44. The molecule has 0 aliphatic carbocycles. The van der Waals surface area contributed by atoms with Crippen LogP contribution in [0.3, 0.4) is 0 Å². The Hall–Kier alpha value is -2.21. The van der Waals surface area contributed by atoms with Gasteiger partial charge in [-0.05, 0) is 31.2 Å². The lowest BCUT2D eigenvalue weighted by atomic mass is 10.2. The minimum atomic E-state index is -0.154. The van der Waals surface area contributed by atoms with Gasteiger partial charge in [-0.1, -0.05) is 11.3 Å². The first-order valence-corrected chi connectivity index (χ1v) is 6.51. The predicted octanol–water partition coefficient (Wildman–Crippen LogP) is 2.14. The first kappa shape index (κ1) is 11.9. The number of aryl methyl sites for hydroxylation is 1. The van der Waals surface area contributed by atoms with Crippen molar-refractivity contribution in [2.45, 2.75) is 6.92 Å². The molecule has 0 saturated carbocycles. The molecule has 0 aliphatic heterocycles. The van der Waals surface area contributed by atoms with Crippen molar-refractivity contribution >= 4 is 16.3 Å². The van der Waals surface area contributed by atoms with Crippen molar-refractivity contribution in [1.82, 2.24) is 14.6 Å². The van der Waals surface area contributed by atoms with Crippen molar-refractivity contribution in [2.24, 2.45) is 0 Å². The van der Waals surface area contributed by atoms with Crippen LogP contribution in [0.4, 0.5) is 0 Å². The Morgan fingerprint density at radius 1 is 1.26 bits per heavy atom. The van der Waals surface area contributed by atoms with Crippen LogP contribution in [0.15, 0.2) is 35.1 Å². The van der Waals surface area contributed by atoms with E-state index in [9.17, 15) is 4.79 Å². The summed E-state index contributed by atoms with van der Waals surface area (Å²) in [7, 11) is 1.62. The molecule has 6 heteroatoms. The Morgan fingerprint density at radius 2 is 2.00 bits per heavy atom. The van der Waals surface area contributed by atoms with Crippen molar-refractivity contribution in [2.75, 3.05) is 7.11 Å². The number of benzene rings is 1. The van der Waals surface area contributed by atoms with Crippen molar-refractivity contribution in [3.8, 4) is 16.3 Å². The summed E-state index contributed by atoms with van der Waals surface area (Å²) in [6.45, 7) is 1.80. The third kappa shape index (κ3) is 2.10. The van der Waals surface area contributed by atoms with Crippen molar-refractivity contribution in [1.29, 1.82) is 0 Å². The highest BCUT2D eigenvalue weighted by atomic mass is 32.1. The van der Waals surface area contributed by atoms with Gasteiger partial charge in [0.2, 0.25) is 4.96 Å². The Balaban J connectivity index is 2.14. The fourth-order valence-corrected chi connectivity index (χ4v) is 2.73. The van der Waals surface area contributed by atoms with E-state index >= 15 is 0 Å². The van der Waals surface area contributed by atoms with E-state index in [1.54, 1.807) is 14.0 Å². The minimum Gasteiger partial charge on any atom is -0.497 e. The molecule has 2 heterocycles. The second-order valence-electron chi connectivity index (χ2n) is 4.07. The van der Waals surface area contributed by atoms with Crippen molar-refractivity contribution in [3.05, 3.63) is 46.4 Å². The summed E-state index contributed by atoms with van der Waals surface area (Å²) in [5.41, 5.74) is 1.49. The summed E-state index contributed by atoms with van der Waals surface area (Å²) in [6.07, 6.45) is 0. The zero-order valence-electron chi connectivity index (χ0n) is 10.5. The van der Waals surface area contributed by atoms with E-state index in [4.69, 9.17) is 4.74 Å². The number of nitrogens with zero attached hydrogens (tertiary/aromatic N) is 3. The molecule has 3 rings (SSSR count). The lowest BCUT2D eigenvalue weighted by Gasteiger charge is -1.99. The third-order valence-electron chi connectivity index (χ3n) is 2.71. The molecule has 19 heavy (non-hydrogen) atoms. The summed E-state index contributed by atoms with van der Waals surface area (Å²) in [5, 5.41) is 5.06. The Bertz CT molecular complexity index is 790. The number of hydrogen-bond acceptors (Lipinski definition) is 5. The van der Waals surface area contributed by atoms with Crippen LogP contribution in [0.2, 0.25) is 0 Å². The fraction of sp³-hybridized carbons (Fsp3) is 0.154. The second kappa shape index (κ2) is 4.47. The third-order valence-corrected chi connectivity index (χ3v) is 3.67. The molecule has 96 valence electrons. The molecule has 0 N–H and O–H groups in total. The van der Waals surface area contributed by atoms with Crippen LogP contribution in [0.1, 0.15) is 5.69 Å². The van der Waals surface area contributed by atoms with Crippen LogP contribution in [0.5, 0.6) is 5.75 Å². The van der Waals surface area contributed by atoms with Gasteiger partial charge in [-0.2, -0.15) is 9.61 Å². The topological polar surface area (TPSA) is 56.5 Å². The Kier molecular flexibility index (Phi) is 2.79. The van der Waals surface area contributed by atoms with Crippen molar-refractivity contribution in [3.63, 3.8) is 0 Å². The number of rotatable bonds is 2. The molecule has 3 aromatic rings. The summed E-state index contributed by atoms with van der Waals surface area (Å²) >= 11 is 1.39. The van der Waals surface area contributed by atoms with Gasteiger partial charge < -0.3 is 4.74 Å². The van der Waals surface area contributed by atoms with E-state index in [1.807, 2.05) is 24.3 Å². The van der Waals surface area contributed by atoms with E-state index in [2.05, 4.69) is 10.1 Å². The van der Waals surface area contributed by atoms with Crippen LogP contribution in [-0.4, -0.2) is 21.7 Å². The monoisotopic (exact) mass is 273 g/mol. The van der Waals surface area contributed by atoms with Crippen molar-refractivity contribution < 1.29 is 4.74 Å². The molecule has 0 atom stereocenters. The zero-order valence-corrected chi connectivity index (χ0v) is 11.3. The lowest BCUT2D eigenvalue weighted by molar-refractivity contribution is 0.415. The molecule has 5 nitrogen and oxygen atoms in total. The van der Waals surface area contributed by atoms with E-state index in [0.717, 1.165) is 16.3 Å². The normalized spacial score (nSPS) is 10.8. The van der Waals surface area contributed by atoms with Gasteiger partial charge >= 0.3 is 0 Å². The molecule has 0 spiro atoms. The first-order chi connectivity index (χ1) is 9.17. The van der Waals surface area contributed by atoms with Gasteiger partial charge in [0.1, 0.15) is 10.8 Å². The molecule has 2 aromatic heterocycles. The molecule has 0 saturated heterocycles. The van der Waals surface area contributed by atoms with Gasteiger partial charge in [0.15, 0.2) is 0 Å². The smallest absolute Gasteiger partial charge is 0.275 e. The number of aromatic nitrogens is 3. The van der Waals surface area contributed by atoms with E-state index in [-0.39, 0.29) is 5.56 Å². The van der Waals surface area contributed by atoms with Gasteiger partial charge in [-0.15, -0.1) is 0 Å². The molecular formula is C13H11N3O2S. The summed E-state index contributed by atoms with van der Waals surface area (Å²) in [4.78, 5) is 16.7. The average molecular weight is 273 g/mol. The zero-order chi connectivity index (χ0) is 13.4. The molecular weight excluding hydrogens is 262 g/mol.